The highest BCUT2D eigenvalue weighted by Crippen LogP contribution is 2.47. The molecule has 0 aliphatic carbocycles. The molecular formula is C16H31N2O+. The van der Waals surface area contributed by atoms with E-state index in [4.69, 9.17) is 5.73 Å². The molecule has 3 nitrogen and oxygen atoms in total. The lowest BCUT2D eigenvalue weighted by molar-refractivity contribution is -0.978. The third kappa shape index (κ3) is 2.67. The lowest BCUT2D eigenvalue weighted by Gasteiger charge is -2.52. The molecule has 2 rings (SSSR count). The van der Waals surface area contributed by atoms with Crippen molar-refractivity contribution in [2.45, 2.75) is 77.9 Å². The quantitative estimate of drug-likeness (QED) is 0.765. The zero-order valence-corrected chi connectivity index (χ0v) is 13.1. The maximum absolute atomic E-state index is 11.6. The van der Waals surface area contributed by atoms with Crippen LogP contribution in [-0.2, 0) is 4.79 Å². The number of amides is 1. The summed E-state index contributed by atoms with van der Waals surface area (Å²) in [5.41, 5.74) is 5.56. The summed E-state index contributed by atoms with van der Waals surface area (Å²) in [7, 11) is 0. The van der Waals surface area contributed by atoms with E-state index in [-0.39, 0.29) is 5.91 Å². The number of primary amides is 1. The fourth-order valence-electron chi connectivity index (χ4n) is 5.07. The Morgan fingerprint density at radius 3 is 2.05 bits per heavy atom. The van der Waals surface area contributed by atoms with E-state index in [9.17, 15) is 4.79 Å². The van der Waals surface area contributed by atoms with Gasteiger partial charge >= 0.3 is 0 Å². The van der Waals surface area contributed by atoms with Gasteiger partial charge in [-0.3, -0.25) is 4.79 Å². The maximum atomic E-state index is 11.6. The summed E-state index contributed by atoms with van der Waals surface area (Å²) in [6.07, 6.45) is 6.55. The lowest BCUT2D eigenvalue weighted by Crippen LogP contribution is -2.66. The van der Waals surface area contributed by atoms with Crippen LogP contribution in [0.5, 0.6) is 0 Å². The van der Waals surface area contributed by atoms with Crippen LogP contribution in [0.3, 0.4) is 0 Å². The fourth-order valence-corrected chi connectivity index (χ4v) is 5.07. The van der Waals surface area contributed by atoms with Crippen molar-refractivity contribution in [3.63, 3.8) is 0 Å². The van der Waals surface area contributed by atoms with Crippen molar-refractivity contribution in [3.8, 4) is 0 Å². The van der Waals surface area contributed by atoms with Gasteiger partial charge in [-0.05, 0) is 32.1 Å². The van der Waals surface area contributed by atoms with E-state index in [1.807, 2.05) is 0 Å². The fraction of sp³-hybridized carbons (Fsp3) is 0.938. The second kappa shape index (κ2) is 5.43. The van der Waals surface area contributed by atoms with Crippen LogP contribution in [0.25, 0.3) is 0 Å². The molecule has 2 unspecified atom stereocenters. The minimum atomic E-state index is -0.118. The molecule has 0 aromatic rings. The molecule has 2 aliphatic heterocycles. The summed E-state index contributed by atoms with van der Waals surface area (Å²) in [6, 6.07) is 1.87. The van der Waals surface area contributed by atoms with Gasteiger partial charge in [0.05, 0.1) is 18.1 Å². The third-order valence-electron chi connectivity index (χ3n) is 5.60. The van der Waals surface area contributed by atoms with Gasteiger partial charge in [0.15, 0.2) is 6.54 Å². The number of carbonyl (C=O) groups excluding carboxylic acids is 1. The van der Waals surface area contributed by atoms with E-state index >= 15 is 0 Å². The van der Waals surface area contributed by atoms with Gasteiger partial charge in [0.25, 0.3) is 5.91 Å². The molecule has 0 saturated carbocycles. The number of rotatable bonds is 5. The summed E-state index contributed by atoms with van der Waals surface area (Å²) >= 11 is 0. The van der Waals surface area contributed by atoms with E-state index < -0.39 is 0 Å². The van der Waals surface area contributed by atoms with Crippen LogP contribution >= 0.6 is 0 Å². The molecule has 1 amide bonds. The highest BCUT2D eigenvalue weighted by Gasteiger charge is 2.55. The molecule has 2 N–H and O–H groups in total. The van der Waals surface area contributed by atoms with Crippen LogP contribution in [0.4, 0.5) is 0 Å². The number of quaternary nitrogens is 1. The Labute approximate surface area is 118 Å². The average Bonchev–Trinajstić information content (AvgIpc) is 2.47. The van der Waals surface area contributed by atoms with Crippen molar-refractivity contribution in [2.75, 3.05) is 6.54 Å². The first-order valence-electron chi connectivity index (χ1n) is 8.01. The lowest BCUT2D eigenvalue weighted by atomic mass is 9.82. The molecule has 3 heteroatoms. The molecule has 0 aromatic carbocycles. The first-order chi connectivity index (χ1) is 8.86. The normalized spacial score (nSPS) is 38.1. The number of hydrogen-bond acceptors (Lipinski definition) is 1. The van der Waals surface area contributed by atoms with Gasteiger partial charge in [-0.1, -0.05) is 13.8 Å². The van der Waals surface area contributed by atoms with Crippen LogP contribution in [0.15, 0.2) is 0 Å². The molecule has 2 heterocycles. The predicted octanol–water partition coefficient (Wildman–Crippen LogP) is 2.68. The van der Waals surface area contributed by atoms with E-state index in [2.05, 4.69) is 27.7 Å². The second-order valence-corrected chi connectivity index (χ2v) is 7.57. The number of nitrogens with zero attached hydrogens (tertiary/aromatic N) is 1. The van der Waals surface area contributed by atoms with Gasteiger partial charge in [0.1, 0.15) is 0 Å². The van der Waals surface area contributed by atoms with Gasteiger partial charge < -0.3 is 10.2 Å². The second-order valence-electron chi connectivity index (χ2n) is 7.57. The first kappa shape index (κ1) is 14.8. The SMILES string of the molecule is CC(C)CC1C[C@H]2CC[C@@H](C1)[N+]2(CC(N)=O)C(C)C. The van der Waals surface area contributed by atoms with Crippen LogP contribution < -0.4 is 5.73 Å². The zero-order chi connectivity index (χ0) is 14.2. The molecular weight excluding hydrogens is 236 g/mol. The van der Waals surface area contributed by atoms with E-state index in [0.717, 1.165) is 16.3 Å². The third-order valence-corrected chi connectivity index (χ3v) is 5.60. The minimum absolute atomic E-state index is 0.118. The number of carbonyl (C=O) groups is 1. The van der Waals surface area contributed by atoms with Crippen molar-refractivity contribution in [2.24, 2.45) is 17.6 Å². The maximum Gasteiger partial charge on any atom is 0.272 e. The van der Waals surface area contributed by atoms with E-state index in [1.54, 1.807) is 0 Å². The van der Waals surface area contributed by atoms with Crippen LogP contribution in [0.1, 0.15) is 59.8 Å². The summed E-state index contributed by atoms with van der Waals surface area (Å²) in [5, 5.41) is 0. The van der Waals surface area contributed by atoms with Crippen LogP contribution in [0.2, 0.25) is 0 Å². The molecule has 19 heavy (non-hydrogen) atoms. The first-order valence-corrected chi connectivity index (χ1v) is 8.01. The average molecular weight is 267 g/mol. The molecule has 0 radical (unpaired) electrons. The molecule has 2 bridgehead atoms. The summed E-state index contributed by atoms with van der Waals surface area (Å²) < 4.78 is 0.990. The highest BCUT2D eigenvalue weighted by atomic mass is 16.1. The Kier molecular flexibility index (Phi) is 4.24. The molecule has 2 saturated heterocycles. The van der Waals surface area contributed by atoms with Gasteiger partial charge in [-0.2, -0.15) is 0 Å². The number of hydrogen-bond donors (Lipinski definition) is 1. The number of fused-ring (bicyclic) bond motifs is 2. The number of nitrogens with two attached hydrogens (primary N) is 1. The highest BCUT2D eigenvalue weighted by molar-refractivity contribution is 5.75. The monoisotopic (exact) mass is 267 g/mol. The Balaban J connectivity index is 2.17. The summed E-state index contributed by atoms with van der Waals surface area (Å²) in [6.45, 7) is 9.75. The van der Waals surface area contributed by atoms with Crippen molar-refractivity contribution in [1.82, 2.24) is 0 Å². The van der Waals surface area contributed by atoms with Gasteiger partial charge in [0, 0.05) is 25.7 Å². The molecule has 2 aliphatic rings. The van der Waals surface area contributed by atoms with Gasteiger partial charge in [0.2, 0.25) is 0 Å². The predicted molar refractivity (Wildman–Crippen MR) is 78.4 cm³/mol. The van der Waals surface area contributed by atoms with Crippen molar-refractivity contribution < 1.29 is 9.28 Å². The zero-order valence-electron chi connectivity index (χ0n) is 13.1. The van der Waals surface area contributed by atoms with E-state index in [0.29, 0.717) is 24.7 Å². The molecule has 0 spiro atoms. The van der Waals surface area contributed by atoms with Gasteiger partial charge in [-0.15, -0.1) is 0 Å². The Hall–Kier alpha value is -0.570. The number of piperidine rings is 1. The Morgan fingerprint density at radius 1 is 1.16 bits per heavy atom. The standard InChI is InChI=1S/C16H30N2O/c1-11(2)7-13-8-14-5-6-15(9-13)18(14,12(3)4)10-16(17)19/h11-15H,5-10H2,1-4H3,(H-,17,19)/p+1/t13?,14-,15+,18?. The van der Waals surface area contributed by atoms with Crippen LogP contribution in [-0.4, -0.2) is 35.1 Å². The van der Waals surface area contributed by atoms with Crippen molar-refractivity contribution in [1.29, 1.82) is 0 Å². The minimum Gasteiger partial charge on any atom is -0.365 e. The molecule has 2 fully saturated rings. The topological polar surface area (TPSA) is 43.1 Å². The van der Waals surface area contributed by atoms with Gasteiger partial charge in [-0.25, -0.2) is 0 Å². The summed E-state index contributed by atoms with van der Waals surface area (Å²) in [4.78, 5) is 11.6. The molecule has 0 aromatic heterocycles. The molecule has 110 valence electrons. The molecule has 4 atom stereocenters. The van der Waals surface area contributed by atoms with Crippen molar-refractivity contribution in [3.05, 3.63) is 0 Å². The van der Waals surface area contributed by atoms with E-state index in [1.165, 1.54) is 32.1 Å². The Morgan fingerprint density at radius 2 is 1.68 bits per heavy atom. The summed E-state index contributed by atoms with van der Waals surface area (Å²) in [5.74, 6) is 1.54. The Bertz CT molecular complexity index is 324. The largest absolute Gasteiger partial charge is 0.365 e. The smallest absolute Gasteiger partial charge is 0.272 e. The van der Waals surface area contributed by atoms with Crippen molar-refractivity contribution >= 4 is 5.91 Å². The van der Waals surface area contributed by atoms with Crippen LogP contribution in [0, 0.1) is 11.8 Å².